The van der Waals surface area contributed by atoms with E-state index in [1.807, 2.05) is 5.57 Å². The first-order valence-electron chi connectivity index (χ1n) is 12.6. The van der Waals surface area contributed by atoms with Crippen molar-refractivity contribution >= 4 is 15.9 Å². The monoisotopic (exact) mass is 448 g/mol. The summed E-state index contributed by atoms with van der Waals surface area (Å²) in [4.78, 5) is 0.736. The van der Waals surface area contributed by atoms with Gasteiger partial charge in [0.15, 0.2) is 0 Å². The first-order valence-corrected chi connectivity index (χ1v) is 13.5. The van der Waals surface area contributed by atoms with Crippen LogP contribution in [0.1, 0.15) is 105 Å². The normalized spacial score (nSPS) is 46.5. The minimum Gasteiger partial charge on any atom is -0.0887 e. The highest BCUT2D eigenvalue weighted by Crippen LogP contribution is 2.67. The largest absolute Gasteiger partial charge is 0.0887 e. The molecule has 0 N–H and O–H groups in total. The summed E-state index contributed by atoms with van der Waals surface area (Å²) >= 11 is 3.93. The fourth-order valence-electron chi connectivity index (χ4n) is 8.64. The lowest BCUT2D eigenvalue weighted by atomic mass is 9.47. The van der Waals surface area contributed by atoms with E-state index in [1.54, 1.807) is 0 Å². The van der Waals surface area contributed by atoms with Crippen LogP contribution in [0.15, 0.2) is 11.6 Å². The third-order valence-corrected chi connectivity index (χ3v) is 11.0. The van der Waals surface area contributed by atoms with Crippen LogP contribution in [0.2, 0.25) is 0 Å². The molecule has 7 unspecified atom stereocenters. The molecule has 0 spiro atoms. The van der Waals surface area contributed by atoms with Gasteiger partial charge in [0.25, 0.3) is 0 Å². The van der Waals surface area contributed by atoms with Gasteiger partial charge in [0, 0.05) is 4.83 Å². The molecule has 0 aromatic heterocycles. The molecular weight excluding hydrogens is 404 g/mol. The summed E-state index contributed by atoms with van der Waals surface area (Å²) in [5.41, 5.74) is 2.98. The van der Waals surface area contributed by atoms with E-state index in [1.165, 1.54) is 70.6 Å². The van der Waals surface area contributed by atoms with Gasteiger partial charge in [-0.3, -0.25) is 0 Å². The third-order valence-electron chi connectivity index (χ3n) is 10.2. The number of rotatable bonds is 5. The van der Waals surface area contributed by atoms with Crippen LogP contribution in [0, 0.1) is 46.3 Å². The Kier molecular flexibility index (Phi) is 6.17. The zero-order valence-corrected chi connectivity index (χ0v) is 20.9. The van der Waals surface area contributed by atoms with Crippen molar-refractivity contribution in [2.24, 2.45) is 46.3 Å². The maximum Gasteiger partial charge on any atom is 0.0183 e. The highest BCUT2D eigenvalue weighted by atomic mass is 79.9. The van der Waals surface area contributed by atoms with Gasteiger partial charge in [-0.15, -0.1) is 0 Å². The minimum atomic E-state index is 0.523. The molecule has 0 nitrogen and oxygen atoms in total. The maximum atomic E-state index is 3.93. The molecule has 0 heterocycles. The van der Waals surface area contributed by atoms with Crippen LogP contribution < -0.4 is 0 Å². The van der Waals surface area contributed by atoms with Crippen molar-refractivity contribution in [3.05, 3.63) is 11.6 Å². The number of alkyl halides is 1. The molecule has 4 rings (SSSR count). The zero-order chi connectivity index (χ0) is 20.1. The molecule has 160 valence electrons. The van der Waals surface area contributed by atoms with Crippen molar-refractivity contribution in [2.75, 3.05) is 0 Å². The maximum absolute atomic E-state index is 3.93. The number of fused-ring (bicyclic) bond motifs is 5. The van der Waals surface area contributed by atoms with E-state index < -0.39 is 0 Å². The SMILES string of the molecule is CC(C)CCC[C@@H](C)C1CCC2C3CC=C4CC(Br)CCC4(C)C3CCC21C. The first kappa shape index (κ1) is 21.5. The molecule has 0 radical (unpaired) electrons. The smallest absolute Gasteiger partial charge is 0.0183 e. The Morgan fingerprint density at radius 3 is 2.54 bits per heavy atom. The van der Waals surface area contributed by atoms with E-state index in [4.69, 9.17) is 0 Å². The Labute approximate surface area is 183 Å². The number of hydrogen-bond acceptors (Lipinski definition) is 0. The molecule has 0 bridgehead atoms. The van der Waals surface area contributed by atoms with Crippen LogP contribution in [-0.2, 0) is 0 Å². The van der Waals surface area contributed by atoms with Gasteiger partial charge in [-0.1, -0.05) is 81.5 Å². The van der Waals surface area contributed by atoms with Crippen LogP contribution in [0.25, 0.3) is 0 Å². The highest BCUT2D eigenvalue weighted by Gasteiger charge is 2.58. The first-order chi connectivity index (χ1) is 13.3. The summed E-state index contributed by atoms with van der Waals surface area (Å²) < 4.78 is 0. The second-order valence-electron chi connectivity index (χ2n) is 12.1. The molecule has 4 aliphatic rings. The summed E-state index contributed by atoms with van der Waals surface area (Å²) in [6.07, 6.45) is 18.6. The van der Waals surface area contributed by atoms with Crippen molar-refractivity contribution in [3.63, 3.8) is 0 Å². The molecule has 4 aliphatic carbocycles. The number of hydrogen-bond donors (Lipinski definition) is 0. The van der Waals surface area contributed by atoms with E-state index in [0.717, 1.165) is 40.3 Å². The van der Waals surface area contributed by atoms with Crippen molar-refractivity contribution in [1.82, 2.24) is 0 Å². The van der Waals surface area contributed by atoms with Gasteiger partial charge in [0.2, 0.25) is 0 Å². The molecule has 0 amide bonds. The summed E-state index contributed by atoms with van der Waals surface area (Å²) in [5.74, 6) is 5.74. The van der Waals surface area contributed by atoms with Gasteiger partial charge in [0.05, 0.1) is 0 Å². The van der Waals surface area contributed by atoms with Crippen molar-refractivity contribution in [1.29, 1.82) is 0 Å². The fraction of sp³-hybridized carbons (Fsp3) is 0.926. The molecular formula is C27H45Br. The average Bonchev–Trinajstić information content (AvgIpc) is 2.99. The second-order valence-corrected chi connectivity index (χ2v) is 13.4. The molecule has 0 aliphatic heterocycles. The molecule has 0 saturated heterocycles. The van der Waals surface area contributed by atoms with Crippen molar-refractivity contribution in [2.45, 2.75) is 110 Å². The number of allylic oxidation sites excluding steroid dienone is 2. The molecule has 0 aromatic carbocycles. The van der Waals surface area contributed by atoms with Gasteiger partial charge >= 0.3 is 0 Å². The molecule has 3 saturated carbocycles. The van der Waals surface area contributed by atoms with Crippen LogP contribution >= 0.6 is 15.9 Å². The van der Waals surface area contributed by atoms with Crippen LogP contribution in [0.5, 0.6) is 0 Å². The van der Waals surface area contributed by atoms with Gasteiger partial charge in [-0.25, -0.2) is 0 Å². The lowest BCUT2D eigenvalue weighted by Gasteiger charge is -2.58. The summed E-state index contributed by atoms with van der Waals surface area (Å²) in [7, 11) is 0. The van der Waals surface area contributed by atoms with Crippen LogP contribution in [0.3, 0.4) is 0 Å². The lowest BCUT2D eigenvalue weighted by Crippen LogP contribution is -2.50. The molecule has 8 atom stereocenters. The topological polar surface area (TPSA) is 0 Å². The molecule has 0 aromatic rings. The van der Waals surface area contributed by atoms with E-state index >= 15 is 0 Å². The summed E-state index contributed by atoms with van der Waals surface area (Å²) in [5, 5.41) is 0. The lowest BCUT2D eigenvalue weighted by molar-refractivity contribution is -0.0496. The number of halogens is 1. The Morgan fingerprint density at radius 2 is 1.79 bits per heavy atom. The van der Waals surface area contributed by atoms with E-state index in [2.05, 4.69) is 56.6 Å². The van der Waals surface area contributed by atoms with Crippen molar-refractivity contribution in [3.8, 4) is 0 Å². The predicted molar refractivity (Wildman–Crippen MR) is 126 cm³/mol. The van der Waals surface area contributed by atoms with Gasteiger partial charge in [0.1, 0.15) is 0 Å². The van der Waals surface area contributed by atoms with Gasteiger partial charge in [-0.2, -0.15) is 0 Å². The van der Waals surface area contributed by atoms with Gasteiger partial charge < -0.3 is 0 Å². The van der Waals surface area contributed by atoms with E-state index in [9.17, 15) is 0 Å². The minimum absolute atomic E-state index is 0.523. The van der Waals surface area contributed by atoms with Gasteiger partial charge in [-0.05, 0) is 97.7 Å². The Bertz CT molecular complexity index is 591. The van der Waals surface area contributed by atoms with E-state index in [-0.39, 0.29) is 0 Å². The predicted octanol–water partition coefficient (Wildman–Crippen LogP) is 8.79. The zero-order valence-electron chi connectivity index (χ0n) is 19.3. The molecule has 3 fully saturated rings. The quantitative estimate of drug-likeness (QED) is 0.291. The molecule has 28 heavy (non-hydrogen) atoms. The Hall–Kier alpha value is 0.220. The Balaban J connectivity index is 1.49. The Morgan fingerprint density at radius 1 is 1.00 bits per heavy atom. The highest BCUT2D eigenvalue weighted by molar-refractivity contribution is 9.09. The third kappa shape index (κ3) is 3.58. The standard InChI is InChI=1S/C27H45Br/c1-18(2)7-6-8-19(3)23-11-12-24-22-10-9-20-17-21(28)13-15-26(20,4)25(22)14-16-27(23,24)5/h9,18-19,21-25H,6-8,10-17H2,1-5H3/t19-,21?,22?,23?,24?,25?,26?,27?/m1/s1. The van der Waals surface area contributed by atoms with Crippen LogP contribution in [0.4, 0.5) is 0 Å². The van der Waals surface area contributed by atoms with Crippen LogP contribution in [-0.4, -0.2) is 4.83 Å². The van der Waals surface area contributed by atoms with Crippen molar-refractivity contribution < 1.29 is 0 Å². The van der Waals surface area contributed by atoms with E-state index in [0.29, 0.717) is 10.8 Å². The second kappa shape index (κ2) is 8.05. The summed E-state index contributed by atoms with van der Waals surface area (Å²) in [6, 6.07) is 0. The average molecular weight is 450 g/mol. The molecule has 1 heteroatoms. The summed E-state index contributed by atoms with van der Waals surface area (Å²) in [6.45, 7) is 12.7. The fourth-order valence-corrected chi connectivity index (χ4v) is 9.22.